The third kappa shape index (κ3) is 5.78. The molecule has 11 rings (SSSR count). The van der Waals surface area contributed by atoms with Crippen molar-refractivity contribution in [2.45, 2.75) is 128 Å². The first-order chi connectivity index (χ1) is 28.5. The molecule has 5 heterocycles. The molecule has 8 aliphatic rings. The quantitative estimate of drug-likeness (QED) is 0.122. The summed E-state index contributed by atoms with van der Waals surface area (Å²) in [6.45, 7) is 12.2. The number of nitrogens with zero attached hydrogens (tertiary/aromatic N) is 5. The molecule has 2 amide bonds. The number of imide groups is 1. The Bertz CT molecular complexity index is 2170. The van der Waals surface area contributed by atoms with Crippen LogP contribution in [0.15, 0.2) is 48.7 Å². The maximum atomic E-state index is 14.0. The molecule has 2 N–H and O–H groups in total. The number of unbranched alkanes of at least 4 members (excludes halogenated alkanes) is 2. The molecule has 4 bridgehead atoms. The molecule has 314 valence electrons. The number of fused-ring (bicyclic) bond motifs is 2. The van der Waals surface area contributed by atoms with Crippen molar-refractivity contribution in [3.8, 4) is 0 Å². The molecule has 4 aliphatic carbocycles. The number of aliphatic hydroxyl groups is 2. The standard InChI is InChI=1S/C47H59N5O7/c1-28-33-25-35(53)39-46-19-12-18-45(2,3)36(46)26-37(47(39,40(28)54)41(33)55)59-44(46)58-24-11-13-29-27-51(49-48-29)22-8-5-9-23-52-42(56)31-15-10-14-30-34(50-20-6-4-7-21-50)17-16-32(38(30)31)43(52)57/h10,14-17,27,33,35-37,39,41,44,53,55H,1,4-9,11-13,18-26H2,2-3H3/t33-,35-,36+,37+,39-,41+,44+,46-,47+/m0/s1. The van der Waals surface area contributed by atoms with E-state index in [1.54, 1.807) is 0 Å². The number of aromatic nitrogens is 3. The van der Waals surface area contributed by atoms with Gasteiger partial charge in [0, 0.05) is 77.2 Å². The summed E-state index contributed by atoms with van der Waals surface area (Å²) in [4.78, 5) is 45.1. The lowest BCUT2D eigenvalue weighted by atomic mass is 9.37. The van der Waals surface area contributed by atoms with Crippen molar-refractivity contribution < 1.29 is 34.1 Å². The van der Waals surface area contributed by atoms with Crippen LogP contribution >= 0.6 is 0 Å². The van der Waals surface area contributed by atoms with Crippen molar-refractivity contribution in [2.24, 2.45) is 34.0 Å². The fourth-order valence-corrected chi connectivity index (χ4v) is 13.5. The highest BCUT2D eigenvalue weighted by atomic mass is 16.7. The Morgan fingerprint density at radius 2 is 1.69 bits per heavy atom. The SMILES string of the molecule is C=C1C(=O)[C@]23[C@H](O)[C@H]1C[C@H](O)[C@H]2[C@]12CCCC(C)(C)[C@H]1C[C@H]3O[C@H]2OCCCc1cn(CCCCCN2C(=O)c3cccc4c(N5CCCCC5)ccc(c34)C2=O)nn1. The summed E-state index contributed by atoms with van der Waals surface area (Å²) in [6.07, 6.45) is 10.5. The van der Waals surface area contributed by atoms with Crippen LogP contribution in [-0.4, -0.2) is 98.5 Å². The summed E-state index contributed by atoms with van der Waals surface area (Å²) >= 11 is 0. The minimum absolute atomic E-state index is 0.0108. The average Bonchev–Trinajstić information content (AvgIpc) is 3.73. The van der Waals surface area contributed by atoms with E-state index in [2.05, 4.69) is 41.7 Å². The number of carbonyl (C=O) groups is 3. The molecule has 2 spiro atoms. The Morgan fingerprint density at radius 1 is 0.915 bits per heavy atom. The van der Waals surface area contributed by atoms with E-state index < -0.39 is 47.3 Å². The summed E-state index contributed by atoms with van der Waals surface area (Å²) in [5.74, 6) is -1.17. The zero-order valence-corrected chi connectivity index (χ0v) is 34.6. The topological polar surface area (TPSA) is 147 Å². The summed E-state index contributed by atoms with van der Waals surface area (Å²) in [6, 6.07) is 9.82. The predicted octanol–water partition coefficient (Wildman–Crippen LogP) is 6.26. The molecular formula is C47H59N5O7. The number of amides is 2. The van der Waals surface area contributed by atoms with Gasteiger partial charge in [0.05, 0.1) is 36.0 Å². The van der Waals surface area contributed by atoms with Gasteiger partial charge in [0.2, 0.25) is 0 Å². The molecule has 4 saturated carbocycles. The van der Waals surface area contributed by atoms with Crippen LogP contribution in [0.25, 0.3) is 10.8 Å². The molecule has 12 heteroatoms. The first-order valence-electron chi connectivity index (χ1n) is 22.4. The molecular weight excluding hydrogens is 747 g/mol. The van der Waals surface area contributed by atoms with Gasteiger partial charge in [-0.15, -0.1) is 5.10 Å². The van der Waals surface area contributed by atoms with E-state index in [1.165, 1.54) is 11.3 Å². The molecule has 1 aromatic heterocycles. The summed E-state index contributed by atoms with van der Waals surface area (Å²) in [5.41, 5.74) is 1.93. The number of benzene rings is 2. The molecule has 3 aromatic rings. The van der Waals surface area contributed by atoms with Crippen molar-refractivity contribution in [3.63, 3.8) is 0 Å². The van der Waals surface area contributed by atoms with Crippen LogP contribution in [0.3, 0.4) is 0 Å². The van der Waals surface area contributed by atoms with Crippen molar-refractivity contribution in [1.29, 1.82) is 0 Å². The number of piperidine rings is 1. The number of anilines is 1. The molecule has 2 aromatic carbocycles. The molecule has 3 saturated heterocycles. The lowest BCUT2D eigenvalue weighted by Gasteiger charge is -2.72. The minimum atomic E-state index is -1.15. The number of carbonyl (C=O) groups excluding carboxylic acids is 3. The molecule has 59 heavy (non-hydrogen) atoms. The molecule has 0 unspecified atom stereocenters. The van der Waals surface area contributed by atoms with E-state index in [-0.39, 0.29) is 28.9 Å². The van der Waals surface area contributed by atoms with Gasteiger partial charge in [-0.05, 0) is 112 Å². The predicted molar refractivity (Wildman–Crippen MR) is 221 cm³/mol. The van der Waals surface area contributed by atoms with Gasteiger partial charge >= 0.3 is 0 Å². The van der Waals surface area contributed by atoms with E-state index in [0.29, 0.717) is 68.5 Å². The van der Waals surface area contributed by atoms with Crippen LogP contribution in [0.1, 0.15) is 117 Å². The van der Waals surface area contributed by atoms with E-state index in [4.69, 9.17) is 9.47 Å². The fraction of sp³-hybridized carbons (Fsp3) is 0.638. The van der Waals surface area contributed by atoms with E-state index in [1.807, 2.05) is 35.1 Å². The number of ketones is 1. The van der Waals surface area contributed by atoms with Crippen LogP contribution in [0.4, 0.5) is 5.69 Å². The first-order valence-corrected chi connectivity index (χ1v) is 22.4. The van der Waals surface area contributed by atoms with Gasteiger partial charge in [-0.2, -0.15) is 0 Å². The molecule has 9 atom stereocenters. The van der Waals surface area contributed by atoms with E-state index in [0.717, 1.165) is 80.2 Å². The summed E-state index contributed by atoms with van der Waals surface area (Å²) in [5, 5.41) is 34.1. The van der Waals surface area contributed by atoms with Crippen molar-refractivity contribution in [2.75, 3.05) is 31.1 Å². The normalized spacial score (nSPS) is 34.5. The smallest absolute Gasteiger partial charge is 0.261 e. The van der Waals surface area contributed by atoms with E-state index >= 15 is 0 Å². The van der Waals surface area contributed by atoms with Crippen LogP contribution < -0.4 is 4.90 Å². The number of aryl methyl sites for hydroxylation is 2. The summed E-state index contributed by atoms with van der Waals surface area (Å²) in [7, 11) is 0. The largest absolute Gasteiger partial charge is 0.393 e. The molecule has 7 fully saturated rings. The highest BCUT2D eigenvalue weighted by molar-refractivity contribution is 6.26. The zero-order chi connectivity index (χ0) is 40.8. The third-order valence-corrected chi connectivity index (χ3v) is 16.1. The van der Waals surface area contributed by atoms with Crippen LogP contribution in [-0.2, 0) is 27.2 Å². The Morgan fingerprint density at radius 3 is 2.51 bits per heavy atom. The van der Waals surface area contributed by atoms with Crippen LogP contribution in [0.5, 0.6) is 0 Å². The van der Waals surface area contributed by atoms with Gasteiger partial charge in [0.25, 0.3) is 11.8 Å². The van der Waals surface area contributed by atoms with Crippen molar-refractivity contribution in [3.05, 3.63) is 65.5 Å². The second-order valence-corrected chi connectivity index (χ2v) is 19.5. The second kappa shape index (κ2) is 14.6. The van der Waals surface area contributed by atoms with Gasteiger partial charge < -0.3 is 24.6 Å². The Hall–Kier alpha value is -3.97. The number of hydrogen-bond acceptors (Lipinski definition) is 10. The highest BCUT2D eigenvalue weighted by Gasteiger charge is 2.81. The van der Waals surface area contributed by atoms with Gasteiger partial charge in [0.1, 0.15) is 0 Å². The molecule has 12 nitrogen and oxygen atoms in total. The first kappa shape index (κ1) is 39.2. The van der Waals surface area contributed by atoms with Crippen LogP contribution in [0, 0.1) is 34.0 Å². The Kier molecular flexibility index (Phi) is 9.69. The fourth-order valence-electron chi connectivity index (χ4n) is 13.5. The number of aliphatic hydroxyl groups excluding tert-OH is 2. The summed E-state index contributed by atoms with van der Waals surface area (Å²) < 4.78 is 15.3. The number of ether oxygens (including phenoxy) is 2. The van der Waals surface area contributed by atoms with Crippen molar-refractivity contribution in [1.82, 2.24) is 19.9 Å². The van der Waals surface area contributed by atoms with Crippen LogP contribution in [0.2, 0.25) is 0 Å². The Balaban J connectivity index is 0.726. The number of hydrogen-bond donors (Lipinski definition) is 2. The molecule has 4 aliphatic heterocycles. The minimum Gasteiger partial charge on any atom is -0.393 e. The van der Waals surface area contributed by atoms with Gasteiger partial charge in [0.15, 0.2) is 12.1 Å². The van der Waals surface area contributed by atoms with Gasteiger partial charge in [-0.3, -0.25) is 24.0 Å². The Labute approximate surface area is 346 Å². The highest BCUT2D eigenvalue weighted by Crippen LogP contribution is 2.75. The maximum absolute atomic E-state index is 14.0. The van der Waals surface area contributed by atoms with E-state index in [9.17, 15) is 24.6 Å². The third-order valence-electron chi connectivity index (χ3n) is 16.1. The monoisotopic (exact) mass is 805 g/mol. The maximum Gasteiger partial charge on any atom is 0.261 e. The number of rotatable bonds is 12. The van der Waals surface area contributed by atoms with Gasteiger partial charge in [-0.1, -0.05) is 44.2 Å². The average molecular weight is 806 g/mol. The molecule has 0 radical (unpaired) electrons. The van der Waals surface area contributed by atoms with Crippen molar-refractivity contribution >= 4 is 34.1 Å². The lowest BCUT2D eigenvalue weighted by Crippen LogP contribution is -2.78. The zero-order valence-electron chi connectivity index (χ0n) is 34.6. The second-order valence-electron chi connectivity index (χ2n) is 19.5. The number of Topliss-reactive ketones (excluding diaryl/α,β-unsaturated/α-hetero) is 1. The van der Waals surface area contributed by atoms with Gasteiger partial charge in [-0.25, -0.2) is 0 Å². The lowest BCUT2D eigenvalue weighted by molar-refractivity contribution is -0.402.